The highest BCUT2D eigenvalue weighted by molar-refractivity contribution is 5.99. The number of carboxylic acid groups (broad SMARTS) is 1. The Labute approximate surface area is 184 Å². The van der Waals surface area contributed by atoms with E-state index in [-0.39, 0.29) is 23.8 Å². The van der Waals surface area contributed by atoms with Crippen LogP contribution in [0.4, 0.5) is 16.3 Å². The van der Waals surface area contributed by atoms with Crippen molar-refractivity contribution in [3.63, 3.8) is 0 Å². The average Bonchev–Trinajstić information content (AvgIpc) is 3.05. The van der Waals surface area contributed by atoms with E-state index < -0.39 is 17.7 Å². The smallest absolute Gasteiger partial charge is 0.413 e. The number of rotatable bonds is 5. The SMILES string of the molecule is CC(=O)N(Cc1ccc2ccc(NC(=O)OC(C)(C)C)nc2c1)c1cn(C)nc1C(=O)O. The molecular weight excluding hydrogens is 414 g/mol. The lowest BCUT2D eigenvalue weighted by atomic mass is 10.1. The number of ether oxygens (including phenoxy) is 1. The number of carbonyl (C=O) groups excluding carboxylic acids is 2. The highest BCUT2D eigenvalue weighted by atomic mass is 16.6. The van der Waals surface area contributed by atoms with Gasteiger partial charge in [-0.2, -0.15) is 5.10 Å². The van der Waals surface area contributed by atoms with Crippen molar-refractivity contribution in [1.82, 2.24) is 14.8 Å². The van der Waals surface area contributed by atoms with E-state index in [2.05, 4.69) is 15.4 Å². The molecule has 0 atom stereocenters. The Morgan fingerprint density at radius 2 is 1.88 bits per heavy atom. The van der Waals surface area contributed by atoms with Crippen LogP contribution in [0.3, 0.4) is 0 Å². The molecule has 168 valence electrons. The van der Waals surface area contributed by atoms with Crippen molar-refractivity contribution in [2.24, 2.45) is 7.05 Å². The molecule has 0 saturated carbocycles. The maximum absolute atomic E-state index is 12.3. The third-order valence-corrected chi connectivity index (χ3v) is 4.41. The quantitative estimate of drug-likeness (QED) is 0.622. The molecule has 0 unspecified atom stereocenters. The Hall–Kier alpha value is -3.95. The van der Waals surface area contributed by atoms with Crippen molar-refractivity contribution in [3.8, 4) is 0 Å². The zero-order valence-corrected chi connectivity index (χ0v) is 18.5. The molecule has 2 heterocycles. The Balaban J connectivity index is 1.89. The third-order valence-electron chi connectivity index (χ3n) is 4.41. The molecule has 0 aliphatic heterocycles. The summed E-state index contributed by atoms with van der Waals surface area (Å²) in [6, 6.07) is 8.93. The topological polar surface area (TPSA) is 127 Å². The Morgan fingerprint density at radius 3 is 2.50 bits per heavy atom. The number of fused-ring (bicyclic) bond motifs is 1. The summed E-state index contributed by atoms with van der Waals surface area (Å²) in [5.74, 6) is -1.22. The second kappa shape index (κ2) is 8.66. The van der Waals surface area contributed by atoms with Gasteiger partial charge >= 0.3 is 12.1 Å². The van der Waals surface area contributed by atoms with Crippen LogP contribution in [0.5, 0.6) is 0 Å². The number of aromatic carboxylic acids is 1. The second-order valence-corrected chi connectivity index (χ2v) is 8.30. The molecule has 0 fully saturated rings. The fourth-order valence-corrected chi connectivity index (χ4v) is 3.11. The van der Waals surface area contributed by atoms with Crippen LogP contribution in [0, 0.1) is 0 Å². The molecular formula is C22H25N5O5. The minimum absolute atomic E-state index is 0.128. The zero-order chi connectivity index (χ0) is 23.6. The first kappa shape index (κ1) is 22.7. The van der Waals surface area contributed by atoms with E-state index in [9.17, 15) is 19.5 Å². The van der Waals surface area contributed by atoms with Gasteiger partial charge < -0.3 is 14.7 Å². The Kier molecular flexibility index (Phi) is 6.15. The van der Waals surface area contributed by atoms with E-state index in [0.29, 0.717) is 11.3 Å². The number of nitrogens with one attached hydrogen (secondary N) is 1. The van der Waals surface area contributed by atoms with Crippen molar-refractivity contribution < 1.29 is 24.2 Å². The molecule has 3 aromatic rings. The van der Waals surface area contributed by atoms with Gasteiger partial charge in [-0.3, -0.25) is 14.8 Å². The molecule has 0 aliphatic rings. The first-order chi connectivity index (χ1) is 14.9. The van der Waals surface area contributed by atoms with Gasteiger partial charge in [0.05, 0.1) is 17.7 Å². The monoisotopic (exact) mass is 439 g/mol. The largest absolute Gasteiger partial charge is 0.476 e. The number of hydrogen-bond donors (Lipinski definition) is 2. The first-order valence-electron chi connectivity index (χ1n) is 9.87. The van der Waals surface area contributed by atoms with Gasteiger partial charge in [0.25, 0.3) is 0 Å². The van der Waals surface area contributed by atoms with Crippen LogP contribution in [0.25, 0.3) is 10.9 Å². The molecule has 10 nitrogen and oxygen atoms in total. The summed E-state index contributed by atoms with van der Waals surface area (Å²) >= 11 is 0. The lowest BCUT2D eigenvalue weighted by Gasteiger charge is -2.20. The number of carbonyl (C=O) groups is 3. The average molecular weight is 439 g/mol. The second-order valence-electron chi connectivity index (χ2n) is 8.30. The van der Waals surface area contributed by atoms with Crippen LogP contribution in [0.1, 0.15) is 43.7 Å². The Bertz CT molecular complexity index is 1200. The van der Waals surface area contributed by atoms with Gasteiger partial charge in [-0.25, -0.2) is 14.6 Å². The fourth-order valence-electron chi connectivity index (χ4n) is 3.11. The van der Waals surface area contributed by atoms with Crippen molar-refractivity contribution in [3.05, 3.63) is 47.8 Å². The van der Waals surface area contributed by atoms with Crippen LogP contribution < -0.4 is 10.2 Å². The van der Waals surface area contributed by atoms with Crippen LogP contribution in [-0.4, -0.2) is 43.4 Å². The Morgan fingerprint density at radius 1 is 1.19 bits per heavy atom. The summed E-state index contributed by atoms with van der Waals surface area (Å²) in [6.45, 7) is 6.80. The molecule has 0 bridgehead atoms. The molecule has 0 spiro atoms. The number of amides is 2. The molecule has 0 radical (unpaired) electrons. The van der Waals surface area contributed by atoms with Gasteiger partial charge in [0.2, 0.25) is 5.91 Å². The molecule has 0 saturated heterocycles. The summed E-state index contributed by atoms with van der Waals surface area (Å²) in [4.78, 5) is 41.7. The minimum Gasteiger partial charge on any atom is -0.476 e. The molecule has 0 aliphatic carbocycles. The maximum Gasteiger partial charge on any atom is 0.413 e. The number of aryl methyl sites for hydroxylation is 1. The van der Waals surface area contributed by atoms with Crippen LogP contribution >= 0.6 is 0 Å². The summed E-state index contributed by atoms with van der Waals surface area (Å²) in [6.07, 6.45) is 0.883. The highest BCUT2D eigenvalue weighted by Gasteiger charge is 2.23. The summed E-state index contributed by atoms with van der Waals surface area (Å²) in [5.41, 5.74) is 0.705. The molecule has 2 aromatic heterocycles. The highest BCUT2D eigenvalue weighted by Crippen LogP contribution is 2.24. The van der Waals surface area contributed by atoms with Crippen molar-refractivity contribution in [2.75, 3.05) is 10.2 Å². The van der Waals surface area contributed by atoms with Crippen LogP contribution in [0.2, 0.25) is 0 Å². The number of pyridine rings is 1. The van der Waals surface area contributed by atoms with E-state index in [1.807, 2.05) is 18.2 Å². The van der Waals surface area contributed by atoms with Crippen molar-refractivity contribution >= 4 is 40.4 Å². The van der Waals surface area contributed by atoms with E-state index in [1.165, 1.54) is 22.7 Å². The lowest BCUT2D eigenvalue weighted by molar-refractivity contribution is -0.116. The van der Waals surface area contributed by atoms with E-state index in [4.69, 9.17) is 4.74 Å². The lowest BCUT2D eigenvalue weighted by Crippen LogP contribution is -2.29. The summed E-state index contributed by atoms with van der Waals surface area (Å²) < 4.78 is 6.60. The van der Waals surface area contributed by atoms with Crippen molar-refractivity contribution in [1.29, 1.82) is 0 Å². The normalized spacial score (nSPS) is 11.3. The van der Waals surface area contributed by atoms with E-state index in [0.717, 1.165) is 10.9 Å². The first-order valence-corrected chi connectivity index (χ1v) is 9.87. The number of anilines is 2. The van der Waals surface area contributed by atoms with Crippen LogP contribution in [0.15, 0.2) is 36.5 Å². The van der Waals surface area contributed by atoms with Gasteiger partial charge in [-0.05, 0) is 44.5 Å². The van der Waals surface area contributed by atoms with Crippen molar-refractivity contribution in [2.45, 2.75) is 39.8 Å². The van der Waals surface area contributed by atoms with Gasteiger partial charge in [0.15, 0.2) is 5.69 Å². The summed E-state index contributed by atoms with van der Waals surface area (Å²) in [7, 11) is 1.59. The van der Waals surface area contributed by atoms with Gasteiger partial charge in [0, 0.05) is 25.6 Å². The molecule has 3 rings (SSSR count). The molecule has 2 amide bonds. The van der Waals surface area contributed by atoms with Gasteiger partial charge in [-0.1, -0.05) is 12.1 Å². The predicted molar refractivity (Wildman–Crippen MR) is 119 cm³/mol. The standard InChI is InChI=1S/C22H25N5O5/c1-13(28)27(17-12-26(5)25-19(17)20(29)30)11-14-6-7-15-8-9-18(23-16(15)10-14)24-21(31)32-22(2,3)4/h6-10,12H,11H2,1-5H3,(H,29,30)(H,23,24,31). The zero-order valence-electron chi connectivity index (χ0n) is 18.5. The number of carboxylic acids is 1. The summed E-state index contributed by atoms with van der Waals surface area (Å²) in [5, 5.41) is 16.8. The van der Waals surface area contributed by atoms with E-state index >= 15 is 0 Å². The van der Waals surface area contributed by atoms with Gasteiger partial charge in [-0.15, -0.1) is 0 Å². The number of benzene rings is 1. The maximum atomic E-state index is 12.3. The predicted octanol–water partition coefficient (Wildman–Crippen LogP) is 3.57. The minimum atomic E-state index is -1.22. The fraction of sp³-hybridized carbons (Fsp3) is 0.318. The molecule has 32 heavy (non-hydrogen) atoms. The molecule has 2 N–H and O–H groups in total. The number of nitrogens with zero attached hydrogens (tertiary/aromatic N) is 4. The molecule has 1 aromatic carbocycles. The number of hydrogen-bond acceptors (Lipinski definition) is 6. The van der Waals surface area contributed by atoms with E-state index in [1.54, 1.807) is 40.0 Å². The molecule has 10 heteroatoms. The number of aromatic nitrogens is 3. The van der Waals surface area contributed by atoms with Gasteiger partial charge in [0.1, 0.15) is 11.4 Å². The third kappa shape index (κ3) is 5.39. The van der Waals surface area contributed by atoms with Crippen LogP contribution in [-0.2, 0) is 23.1 Å².